The maximum atomic E-state index is 10.8. The van der Waals surface area contributed by atoms with Gasteiger partial charge in [0.15, 0.2) is 0 Å². The van der Waals surface area contributed by atoms with Crippen molar-refractivity contribution < 1.29 is 9.90 Å². The smallest absolute Gasteiger partial charge is 0.335 e. The summed E-state index contributed by atoms with van der Waals surface area (Å²) in [5, 5.41) is 15.6. The second-order valence-electron chi connectivity index (χ2n) is 5.25. The molecule has 23 heavy (non-hydrogen) atoms. The van der Waals surface area contributed by atoms with Crippen LogP contribution in [0.2, 0.25) is 0 Å². The Morgan fingerprint density at radius 2 is 1.57 bits per heavy atom. The lowest BCUT2D eigenvalue weighted by Gasteiger charge is -2.05. The number of rotatable bonds is 4. The number of aromatic carboxylic acids is 1. The number of hydrogen-bond donors (Lipinski definition) is 2. The van der Waals surface area contributed by atoms with E-state index in [1.54, 1.807) is 24.3 Å². The Bertz CT molecular complexity index is 883. The summed E-state index contributed by atoms with van der Waals surface area (Å²) in [5.74, 6) is -0.938. The molecule has 3 rings (SSSR count). The highest BCUT2D eigenvalue weighted by Crippen LogP contribution is 2.16. The maximum Gasteiger partial charge on any atom is 0.335 e. The minimum atomic E-state index is -0.938. The summed E-state index contributed by atoms with van der Waals surface area (Å²) >= 11 is 0. The molecule has 0 bridgehead atoms. The number of carbonyl (C=O) groups is 1. The molecule has 0 aromatic heterocycles. The Morgan fingerprint density at radius 1 is 0.913 bits per heavy atom. The summed E-state index contributed by atoms with van der Waals surface area (Å²) in [6.45, 7) is 1.93. The lowest BCUT2D eigenvalue weighted by atomic mass is 10.0. The monoisotopic (exact) mass is 304 g/mol. The van der Waals surface area contributed by atoms with Crippen LogP contribution in [0.3, 0.4) is 0 Å². The number of nitrogens with zero attached hydrogens (tertiary/aromatic N) is 1. The summed E-state index contributed by atoms with van der Waals surface area (Å²) in [6.07, 6.45) is 0. The van der Waals surface area contributed by atoms with Gasteiger partial charge in [-0.2, -0.15) is 5.10 Å². The largest absolute Gasteiger partial charge is 0.478 e. The number of anilines is 1. The standard InChI is InChI=1S/C19H16N2O2/c1-13(16-7-6-14-4-2-3-5-17(14)12-16)20-21-18-10-8-15(9-11-18)19(22)23/h2-12,21H,1H3,(H,22,23). The van der Waals surface area contributed by atoms with Gasteiger partial charge in [0, 0.05) is 0 Å². The van der Waals surface area contributed by atoms with E-state index in [0.717, 1.165) is 17.0 Å². The van der Waals surface area contributed by atoms with Crippen LogP contribution in [0, 0.1) is 0 Å². The topological polar surface area (TPSA) is 61.7 Å². The molecule has 4 heteroatoms. The summed E-state index contributed by atoms with van der Waals surface area (Å²) in [4.78, 5) is 10.8. The van der Waals surface area contributed by atoms with Gasteiger partial charge in [-0.15, -0.1) is 0 Å². The van der Waals surface area contributed by atoms with Crippen LogP contribution < -0.4 is 5.43 Å². The molecule has 0 radical (unpaired) electrons. The van der Waals surface area contributed by atoms with Crippen molar-refractivity contribution in [1.29, 1.82) is 0 Å². The zero-order valence-electron chi connectivity index (χ0n) is 12.7. The van der Waals surface area contributed by atoms with E-state index < -0.39 is 5.97 Å². The minimum absolute atomic E-state index is 0.255. The average Bonchev–Trinajstić information content (AvgIpc) is 2.59. The lowest BCUT2D eigenvalue weighted by Crippen LogP contribution is -2.00. The van der Waals surface area contributed by atoms with Gasteiger partial charge in [0.25, 0.3) is 0 Å². The Labute approximate surface area is 134 Å². The molecule has 3 aromatic rings. The third kappa shape index (κ3) is 3.37. The molecule has 0 amide bonds. The number of carboxylic acid groups (broad SMARTS) is 1. The molecule has 0 aliphatic rings. The van der Waals surface area contributed by atoms with Crippen molar-refractivity contribution in [2.24, 2.45) is 5.10 Å². The van der Waals surface area contributed by atoms with Crippen LogP contribution in [0.5, 0.6) is 0 Å². The zero-order chi connectivity index (χ0) is 16.2. The van der Waals surface area contributed by atoms with Crippen molar-refractivity contribution in [3.8, 4) is 0 Å². The van der Waals surface area contributed by atoms with Crippen LogP contribution in [0.25, 0.3) is 10.8 Å². The van der Waals surface area contributed by atoms with Gasteiger partial charge >= 0.3 is 5.97 Å². The second kappa shape index (κ2) is 6.32. The van der Waals surface area contributed by atoms with E-state index in [2.05, 4.69) is 34.8 Å². The highest BCUT2D eigenvalue weighted by Gasteiger charge is 2.02. The molecule has 0 unspecified atom stereocenters. The molecule has 3 aromatic carbocycles. The first-order chi connectivity index (χ1) is 11.1. The van der Waals surface area contributed by atoms with Gasteiger partial charge < -0.3 is 5.11 Å². The molecule has 0 atom stereocenters. The zero-order valence-corrected chi connectivity index (χ0v) is 12.7. The SMILES string of the molecule is CC(=NNc1ccc(C(=O)O)cc1)c1ccc2ccccc2c1. The third-order valence-electron chi connectivity index (χ3n) is 3.65. The van der Waals surface area contributed by atoms with E-state index >= 15 is 0 Å². The van der Waals surface area contributed by atoms with Crippen LogP contribution in [0.1, 0.15) is 22.8 Å². The van der Waals surface area contributed by atoms with Crippen molar-refractivity contribution in [3.63, 3.8) is 0 Å². The van der Waals surface area contributed by atoms with Crippen LogP contribution in [0.4, 0.5) is 5.69 Å². The van der Waals surface area contributed by atoms with Gasteiger partial charge in [-0.25, -0.2) is 4.79 Å². The van der Waals surface area contributed by atoms with E-state index in [4.69, 9.17) is 5.11 Å². The number of benzene rings is 3. The molecule has 0 aliphatic carbocycles. The molecular formula is C19H16N2O2. The number of hydrazone groups is 1. The maximum absolute atomic E-state index is 10.8. The van der Waals surface area contributed by atoms with Gasteiger partial charge in [-0.1, -0.05) is 36.4 Å². The Balaban J connectivity index is 1.79. The first kappa shape index (κ1) is 14.8. The van der Waals surface area contributed by atoms with Gasteiger partial charge in [0.2, 0.25) is 0 Å². The minimum Gasteiger partial charge on any atom is -0.478 e. The molecule has 0 spiro atoms. The van der Waals surface area contributed by atoms with Crippen molar-refractivity contribution in [3.05, 3.63) is 77.9 Å². The number of nitrogens with one attached hydrogen (secondary N) is 1. The van der Waals surface area contributed by atoms with E-state index in [-0.39, 0.29) is 5.56 Å². The first-order valence-electron chi connectivity index (χ1n) is 7.26. The van der Waals surface area contributed by atoms with Crippen molar-refractivity contribution >= 4 is 28.1 Å². The van der Waals surface area contributed by atoms with E-state index in [0.29, 0.717) is 0 Å². The third-order valence-corrected chi connectivity index (χ3v) is 3.65. The highest BCUT2D eigenvalue weighted by molar-refractivity contribution is 6.02. The van der Waals surface area contributed by atoms with Crippen LogP contribution in [-0.4, -0.2) is 16.8 Å². The van der Waals surface area contributed by atoms with E-state index in [1.165, 1.54) is 10.8 Å². The fourth-order valence-corrected chi connectivity index (χ4v) is 2.31. The quantitative estimate of drug-likeness (QED) is 0.555. The van der Waals surface area contributed by atoms with E-state index in [9.17, 15) is 4.79 Å². The molecule has 0 saturated carbocycles. The lowest BCUT2D eigenvalue weighted by molar-refractivity contribution is 0.0697. The Kier molecular flexibility index (Phi) is 4.06. The Morgan fingerprint density at radius 3 is 2.26 bits per heavy atom. The van der Waals surface area contributed by atoms with Crippen LogP contribution >= 0.6 is 0 Å². The van der Waals surface area contributed by atoms with Crippen LogP contribution in [0.15, 0.2) is 71.8 Å². The molecule has 0 aliphatic heterocycles. The fourth-order valence-electron chi connectivity index (χ4n) is 2.31. The second-order valence-corrected chi connectivity index (χ2v) is 5.25. The number of hydrogen-bond acceptors (Lipinski definition) is 3. The fraction of sp³-hybridized carbons (Fsp3) is 0.0526. The molecule has 114 valence electrons. The molecule has 2 N–H and O–H groups in total. The summed E-state index contributed by atoms with van der Waals surface area (Å²) in [5.41, 5.74) is 5.85. The molecule has 4 nitrogen and oxygen atoms in total. The van der Waals surface area contributed by atoms with Crippen molar-refractivity contribution in [2.45, 2.75) is 6.92 Å². The van der Waals surface area contributed by atoms with Gasteiger partial charge in [-0.05, 0) is 53.6 Å². The number of carboxylic acids is 1. The molecule has 0 saturated heterocycles. The molecule has 0 heterocycles. The highest BCUT2D eigenvalue weighted by atomic mass is 16.4. The van der Waals surface area contributed by atoms with Gasteiger partial charge in [0.1, 0.15) is 0 Å². The predicted octanol–water partition coefficient (Wildman–Crippen LogP) is 4.37. The summed E-state index contributed by atoms with van der Waals surface area (Å²) in [7, 11) is 0. The summed E-state index contributed by atoms with van der Waals surface area (Å²) < 4.78 is 0. The average molecular weight is 304 g/mol. The van der Waals surface area contributed by atoms with Gasteiger partial charge in [-0.3, -0.25) is 5.43 Å². The van der Waals surface area contributed by atoms with Crippen molar-refractivity contribution in [2.75, 3.05) is 5.43 Å². The van der Waals surface area contributed by atoms with Crippen LogP contribution in [-0.2, 0) is 0 Å². The van der Waals surface area contributed by atoms with E-state index in [1.807, 2.05) is 25.1 Å². The van der Waals surface area contributed by atoms with Gasteiger partial charge in [0.05, 0.1) is 17.0 Å². The number of fused-ring (bicyclic) bond motifs is 1. The Hall–Kier alpha value is -3.14. The molecular weight excluding hydrogens is 288 g/mol. The first-order valence-corrected chi connectivity index (χ1v) is 7.26. The van der Waals surface area contributed by atoms with Crippen molar-refractivity contribution in [1.82, 2.24) is 0 Å². The molecule has 0 fully saturated rings. The summed E-state index contributed by atoms with van der Waals surface area (Å²) in [6, 6.07) is 20.9. The normalized spacial score (nSPS) is 11.4. The predicted molar refractivity (Wildman–Crippen MR) is 93.2 cm³/mol.